The van der Waals surface area contributed by atoms with Crippen molar-refractivity contribution in [3.8, 4) is 0 Å². The van der Waals surface area contributed by atoms with Gasteiger partial charge in [-0.05, 0) is 70.3 Å². The van der Waals surface area contributed by atoms with Gasteiger partial charge in [0.05, 0.1) is 5.41 Å². The molecule has 1 heteroatoms. The van der Waals surface area contributed by atoms with Crippen LogP contribution in [0.25, 0.3) is 10.8 Å². The van der Waals surface area contributed by atoms with Gasteiger partial charge in [-0.2, -0.15) is 0 Å². The van der Waals surface area contributed by atoms with E-state index in [4.69, 9.17) is 5.73 Å². The highest BCUT2D eigenvalue weighted by Gasteiger charge is 2.45. The fourth-order valence-corrected chi connectivity index (χ4v) is 4.99. The molecule has 1 nitrogen and oxygen atoms in total. The molecule has 0 radical (unpaired) electrons. The molecule has 1 aliphatic rings. The Labute approximate surface area is 178 Å². The lowest BCUT2D eigenvalue weighted by molar-refractivity contribution is 0.749. The molecule has 0 bridgehead atoms. The number of hydrogen-bond acceptors (Lipinski definition) is 1. The predicted octanol–water partition coefficient (Wildman–Crippen LogP) is 6.44. The van der Waals surface area contributed by atoms with Crippen molar-refractivity contribution in [3.63, 3.8) is 0 Å². The smallest absolute Gasteiger partial charge is 0.0670 e. The van der Waals surface area contributed by atoms with E-state index in [1.807, 2.05) is 6.08 Å². The fraction of sp³-hybridized carbons (Fsp3) is 0.103. The van der Waals surface area contributed by atoms with Crippen molar-refractivity contribution >= 4 is 10.8 Å². The predicted molar refractivity (Wildman–Crippen MR) is 127 cm³/mol. The number of nitrogens with two attached hydrogens (primary N) is 1. The Morgan fingerprint density at radius 2 is 1.40 bits per heavy atom. The summed E-state index contributed by atoms with van der Waals surface area (Å²) in [5.41, 5.74) is 13.4. The lowest BCUT2D eigenvalue weighted by Gasteiger charge is -2.34. The second-order valence-corrected chi connectivity index (χ2v) is 8.09. The van der Waals surface area contributed by atoms with E-state index in [0.717, 1.165) is 6.42 Å². The summed E-state index contributed by atoms with van der Waals surface area (Å²) in [5.74, 6) is 0. The van der Waals surface area contributed by atoms with E-state index in [-0.39, 0.29) is 5.41 Å². The Morgan fingerprint density at radius 3 is 2.10 bits per heavy atom. The van der Waals surface area contributed by atoms with Gasteiger partial charge in [0.25, 0.3) is 0 Å². The van der Waals surface area contributed by atoms with Crippen LogP contribution in [0.2, 0.25) is 0 Å². The number of benzene rings is 4. The van der Waals surface area contributed by atoms with Gasteiger partial charge in [-0.25, -0.2) is 0 Å². The van der Waals surface area contributed by atoms with E-state index in [1.54, 1.807) is 6.20 Å². The van der Waals surface area contributed by atoms with Crippen LogP contribution in [0.15, 0.2) is 115 Å². The average molecular weight is 388 g/mol. The molecule has 1 atom stereocenters. The highest BCUT2D eigenvalue weighted by molar-refractivity contribution is 5.86. The molecule has 0 spiro atoms. The Bertz CT molecular complexity index is 1260. The molecule has 1 aliphatic carbocycles. The molecule has 0 amide bonds. The van der Waals surface area contributed by atoms with Gasteiger partial charge in [0, 0.05) is 0 Å². The largest absolute Gasteiger partial charge is 0.405 e. The zero-order chi connectivity index (χ0) is 20.6. The zero-order valence-electron chi connectivity index (χ0n) is 17.2. The molecule has 0 saturated heterocycles. The van der Waals surface area contributed by atoms with E-state index >= 15 is 0 Å². The van der Waals surface area contributed by atoms with Crippen LogP contribution in [0.3, 0.4) is 0 Å². The summed E-state index contributed by atoms with van der Waals surface area (Å²) in [7, 11) is 0. The van der Waals surface area contributed by atoms with Crippen LogP contribution in [0, 0.1) is 6.92 Å². The van der Waals surface area contributed by atoms with E-state index in [9.17, 15) is 0 Å². The lowest BCUT2D eigenvalue weighted by Crippen LogP contribution is -2.28. The van der Waals surface area contributed by atoms with Gasteiger partial charge >= 0.3 is 0 Å². The topological polar surface area (TPSA) is 26.0 Å². The zero-order valence-corrected chi connectivity index (χ0v) is 17.2. The monoisotopic (exact) mass is 387 g/mol. The first-order valence-corrected chi connectivity index (χ1v) is 10.5. The summed E-state index contributed by atoms with van der Waals surface area (Å²) in [4.78, 5) is 0. The second kappa shape index (κ2) is 7.35. The van der Waals surface area contributed by atoms with Crippen molar-refractivity contribution in [1.82, 2.24) is 0 Å². The van der Waals surface area contributed by atoms with Crippen molar-refractivity contribution in [1.29, 1.82) is 0 Å². The molecular formula is C29H25N. The van der Waals surface area contributed by atoms with Crippen LogP contribution in [0.5, 0.6) is 0 Å². The molecule has 0 aliphatic heterocycles. The van der Waals surface area contributed by atoms with Crippen molar-refractivity contribution in [3.05, 3.63) is 143 Å². The number of hydrogen-bond donors (Lipinski definition) is 1. The molecule has 4 aromatic rings. The second-order valence-electron chi connectivity index (χ2n) is 8.09. The quantitative estimate of drug-likeness (QED) is 0.430. The van der Waals surface area contributed by atoms with Crippen LogP contribution in [0.1, 0.15) is 27.8 Å². The van der Waals surface area contributed by atoms with Crippen LogP contribution in [-0.4, -0.2) is 0 Å². The Kier molecular flexibility index (Phi) is 4.52. The van der Waals surface area contributed by atoms with E-state index < -0.39 is 0 Å². The molecule has 1 unspecified atom stereocenters. The Hall–Kier alpha value is -3.58. The minimum absolute atomic E-state index is 0.326. The maximum absolute atomic E-state index is 5.75. The maximum atomic E-state index is 5.75. The summed E-state index contributed by atoms with van der Waals surface area (Å²) in [6.45, 7) is 2.14. The molecular weight excluding hydrogens is 362 g/mol. The highest BCUT2D eigenvalue weighted by atomic mass is 14.5. The van der Waals surface area contributed by atoms with Crippen LogP contribution in [0.4, 0.5) is 0 Å². The van der Waals surface area contributed by atoms with Crippen LogP contribution in [-0.2, 0) is 11.8 Å². The van der Waals surface area contributed by atoms with Crippen molar-refractivity contribution < 1.29 is 0 Å². The molecule has 2 N–H and O–H groups in total. The third-order valence-corrected chi connectivity index (χ3v) is 6.34. The summed E-state index contributed by atoms with van der Waals surface area (Å²) in [6, 6.07) is 33.3. The van der Waals surface area contributed by atoms with E-state index in [2.05, 4.69) is 104 Å². The molecule has 0 fully saturated rings. The molecule has 0 heterocycles. The third-order valence-electron chi connectivity index (χ3n) is 6.34. The lowest BCUT2D eigenvalue weighted by atomic mass is 9.67. The number of fused-ring (bicyclic) bond motifs is 2. The Morgan fingerprint density at radius 1 is 0.767 bits per heavy atom. The number of allylic oxidation sites excluding steroid dienone is 3. The minimum Gasteiger partial charge on any atom is -0.405 e. The molecule has 4 aromatic carbocycles. The molecule has 0 saturated carbocycles. The van der Waals surface area contributed by atoms with Gasteiger partial charge in [0.2, 0.25) is 0 Å². The number of rotatable bonds is 3. The summed E-state index contributed by atoms with van der Waals surface area (Å²) >= 11 is 0. The summed E-state index contributed by atoms with van der Waals surface area (Å²) in [5, 5.41) is 2.57. The first-order valence-electron chi connectivity index (χ1n) is 10.5. The van der Waals surface area contributed by atoms with Gasteiger partial charge in [-0.1, -0.05) is 96.6 Å². The summed E-state index contributed by atoms with van der Waals surface area (Å²) in [6.07, 6.45) is 6.70. The molecule has 0 aromatic heterocycles. The van der Waals surface area contributed by atoms with Crippen molar-refractivity contribution in [2.75, 3.05) is 0 Å². The number of aryl methyl sites for hydroxylation is 1. The molecule has 146 valence electrons. The van der Waals surface area contributed by atoms with Gasteiger partial charge in [-0.15, -0.1) is 0 Å². The van der Waals surface area contributed by atoms with E-state index in [1.165, 1.54) is 44.2 Å². The fourth-order valence-electron chi connectivity index (χ4n) is 4.99. The SMILES string of the molecule is Cc1ccc(C2(c3ccccc3)/C(=C/C=C\N)Cc3cc4ccccc4cc32)cc1. The average Bonchev–Trinajstić information content (AvgIpc) is 3.11. The first kappa shape index (κ1) is 18.4. The van der Waals surface area contributed by atoms with Gasteiger partial charge in [0.1, 0.15) is 0 Å². The minimum atomic E-state index is -0.326. The normalized spacial score (nSPS) is 19.6. The van der Waals surface area contributed by atoms with Gasteiger partial charge in [-0.3, -0.25) is 0 Å². The first-order chi connectivity index (χ1) is 14.7. The van der Waals surface area contributed by atoms with Gasteiger partial charge in [0.15, 0.2) is 0 Å². The van der Waals surface area contributed by atoms with Crippen LogP contribution >= 0.6 is 0 Å². The standard InChI is InChI=1S/C29H25N/c1-21-13-15-26(16-14-21)29(25-10-3-2-4-11-25)27(12-7-17-30)19-24-18-22-8-5-6-9-23(22)20-28(24)29/h2-18,20H,19,30H2,1H3/b17-7-,27-12+. The van der Waals surface area contributed by atoms with Crippen molar-refractivity contribution in [2.45, 2.75) is 18.8 Å². The third kappa shape index (κ3) is 2.78. The summed E-state index contributed by atoms with van der Waals surface area (Å²) < 4.78 is 0. The van der Waals surface area contributed by atoms with Crippen LogP contribution < -0.4 is 5.73 Å². The Balaban J connectivity index is 1.91. The van der Waals surface area contributed by atoms with Gasteiger partial charge < -0.3 is 5.73 Å². The maximum Gasteiger partial charge on any atom is 0.0670 e. The van der Waals surface area contributed by atoms with E-state index in [0.29, 0.717) is 0 Å². The molecule has 5 rings (SSSR count). The van der Waals surface area contributed by atoms with Crippen molar-refractivity contribution in [2.24, 2.45) is 5.73 Å². The molecule has 30 heavy (non-hydrogen) atoms. The highest BCUT2D eigenvalue weighted by Crippen LogP contribution is 2.53.